The molecule has 2 amide bonds. The van der Waals surface area contributed by atoms with Gasteiger partial charge in [-0.25, -0.2) is 18.7 Å². The minimum atomic E-state index is -3.56. The van der Waals surface area contributed by atoms with Crippen LogP contribution in [-0.2, 0) is 19.4 Å². The number of sulfone groups is 1. The third-order valence-electron chi connectivity index (χ3n) is 5.14. The third kappa shape index (κ3) is 4.50. The molecule has 30 heavy (non-hydrogen) atoms. The Bertz CT molecular complexity index is 1020. The van der Waals surface area contributed by atoms with Crippen molar-refractivity contribution in [3.8, 4) is 16.2 Å². The van der Waals surface area contributed by atoms with Crippen LogP contribution in [0.1, 0.15) is 37.5 Å². The lowest BCUT2D eigenvalue weighted by atomic mass is 9.94. The van der Waals surface area contributed by atoms with Gasteiger partial charge in [0.15, 0.2) is 9.84 Å². The molecular formula is C20H24N2O6S2. The summed E-state index contributed by atoms with van der Waals surface area (Å²) in [6.45, 7) is 2.26. The molecule has 1 aromatic heterocycles. The molecule has 10 heteroatoms. The van der Waals surface area contributed by atoms with Gasteiger partial charge in [0.1, 0.15) is 10.5 Å². The van der Waals surface area contributed by atoms with Crippen LogP contribution in [0.2, 0.25) is 0 Å². The molecule has 0 aliphatic carbocycles. The van der Waals surface area contributed by atoms with E-state index in [9.17, 15) is 18.0 Å². The van der Waals surface area contributed by atoms with Crippen LogP contribution >= 0.6 is 11.3 Å². The Morgan fingerprint density at radius 3 is 2.53 bits per heavy atom. The van der Waals surface area contributed by atoms with Crippen molar-refractivity contribution in [2.75, 3.05) is 12.3 Å². The van der Waals surface area contributed by atoms with Crippen LogP contribution in [0.25, 0.3) is 10.4 Å². The fourth-order valence-electron chi connectivity index (χ4n) is 3.63. The Labute approximate surface area is 179 Å². The predicted molar refractivity (Wildman–Crippen MR) is 113 cm³/mol. The molecule has 1 aromatic carbocycles. The highest BCUT2D eigenvalue weighted by Gasteiger charge is 2.49. The van der Waals surface area contributed by atoms with Crippen LogP contribution in [0.5, 0.6) is 5.75 Å². The molecule has 0 bridgehead atoms. The van der Waals surface area contributed by atoms with E-state index in [1.807, 2.05) is 6.07 Å². The molecule has 0 unspecified atom stereocenters. The standard InChI is InChI=1S/C20H24N2O6S2/c1-2-21-19(24)28-15-7-5-14(6-8-15)16-9-10-17(29-16)20(13-18(23)22-25)11-3-4-12-30(20,26)27/h5-10,25H,2-4,11-13H2,1H3,(H,21,24)(H,22,23)/t20-/m0/s1. The summed E-state index contributed by atoms with van der Waals surface area (Å²) in [5.74, 6) is -0.306. The molecule has 2 aromatic rings. The van der Waals surface area contributed by atoms with Crippen LogP contribution in [0.4, 0.5) is 4.79 Å². The van der Waals surface area contributed by atoms with Gasteiger partial charge in [-0.2, -0.15) is 0 Å². The molecule has 1 aliphatic rings. The lowest BCUT2D eigenvalue weighted by Gasteiger charge is -2.35. The number of hydroxylamine groups is 1. The number of carbonyl (C=O) groups excluding carboxylic acids is 2. The molecule has 1 aliphatic heterocycles. The molecule has 2 heterocycles. The molecule has 0 spiro atoms. The maximum atomic E-state index is 13.0. The number of hydrogen-bond donors (Lipinski definition) is 3. The molecule has 1 saturated heterocycles. The summed E-state index contributed by atoms with van der Waals surface area (Å²) in [7, 11) is -3.56. The number of ether oxygens (including phenoxy) is 1. The summed E-state index contributed by atoms with van der Waals surface area (Å²) in [4.78, 5) is 24.9. The normalized spacial score (nSPS) is 20.3. The zero-order valence-electron chi connectivity index (χ0n) is 16.5. The van der Waals surface area contributed by atoms with Crippen molar-refractivity contribution < 1.29 is 28.0 Å². The Kier molecular flexibility index (Phi) is 6.79. The van der Waals surface area contributed by atoms with Crippen LogP contribution < -0.4 is 15.5 Å². The minimum Gasteiger partial charge on any atom is -0.410 e. The lowest BCUT2D eigenvalue weighted by Crippen LogP contribution is -2.43. The van der Waals surface area contributed by atoms with E-state index in [1.54, 1.807) is 42.7 Å². The van der Waals surface area contributed by atoms with Gasteiger partial charge in [-0.05, 0) is 61.7 Å². The molecule has 8 nitrogen and oxygen atoms in total. The maximum Gasteiger partial charge on any atom is 0.412 e. The summed E-state index contributed by atoms with van der Waals surface area (Å²) in [5.41, 5.74) is 2.41. The second-order valence-electron chi connectivity index (χ2n) is 7.09. The maximum absolute atomic E-state index is 13.0. The molecule has 162 valence electrons. The first-order valence-corrected chi connectivity index (χ1v) is 12.1. The third-order valence-corrected chi connectivity index (χ3v) is 9.19. The van der Waals surface area contributed by atoms with E-state index < -0.39 is 26.6 Å². The van der Waals surface area contributed by atoms with Crippen LogP contribution in [0.3, 0.4) is 0 Å². The van der Waals surface area contributed by atoms with E-state index in [1.165, 1.54) is 11.3 Å². The molecule has 1 atom stereocenters. The van der Waals surface area contributed by atoms with Gasteiger partial charge in [0.05, 0.1) is 12.2 Å². The van der Waals surface area contributed by atoms with Crippen molar-refractivity contribution in [3.63, 3.8) is 0 Å². The summed E-state index contributed by atoms with van der Waals surface area (Å²) in [6, 6.07) is 10.5. The van der Waals surface area contributed by atoms with Gasteiger partial charge in [0.2, 0.25) is 5.91 Å². The van der Waals surface area contributed by atoms with Gasteiger partial charge in [-0.1, -0.05) is 6.42 Å². The van der Waals surface area contributed by atoms with Crippen LogP contribution in [0, 0.1) is 0 Å². The monoisotopic (exact) mass is 452 g/mol. The number of hydrogen-bond acceptors (Lipinski definition) is 7. The summed E-state index contributed by atoms with van der Waals surface area (Å²) >= 11 is 1.31. The number of carbonyl (C=O) groups is 2. The number of amides is 2. The van der Waals surface area contributed by atoms with Gasteiger partial charge in [-0.3, -0.25) is 10.0 Å². The fraction of sp³-hybridized carbons (Fsp3) is 0.400. The van der Waals surface area contributed by atoms with Crippen LogP contribution in [-0.4, -0.2) is 37.9 Å². The smallest absolute Gasteiger partial charge is 0.410 e. The molecule has 1 fully saturated rings. The summed E-state index contributed by atoms with van der Waals surface area (Å²) < 4.78 is 29.8. The van der Waals surface area contributed by atoms with Crippen molar-refractivity contribution in [1.29, 1.82) is 0 Å². The number of thiophene rings is 1. The van der Waals surface area contributed by atoms with Gasteiger partial charge in [0, 0.05) is 16.3 Å². The fourth-order valence-corrected chi connectivity index (χ4v) is 7.41. The van der Waals surface area contributed by atoms with E-state index in [-0.39, 0.29) is 12.2 Å². The highest BCUT2D eigenvalue weighted by molar-refractivity contribution is 7.92. The average molecular weight is 453 g/mol. The van der Waals surface area contributed by atoms with E-state index in [0.29, 0.717) is 36.4 Å². The van der Waals surface area contributed by atoms with E-state index in [2.05, 4.69) is 5.32 Å². The lowest BCUT2D eigenvalue weighted by molar-refractivity contribution is -0.130. The second kappa shape index (κ2) is 9.15. The van der Waals surface area contributed by atoms with Crippen molar-refractivity contribution in [2.45, 2.75) is 37.4 Å². The first-order valence-electron chi connectivity index (χ1n) is 9.63. The second-order valence-corrected chi connectivity index (χ2v) is 10.6. The minimum absolute atomic E-state index is 0.0187. The molecular weight excluding hydrogens is 428 g/mol. The SMILES string of the molecule is CCNC(=O)Oc1ccc(-c2ccc([C@@]3(CC(=O)NO)CCCCS3(=O)=O)s2)cc1. The molecule has 0 radical (unpaired) electrons. The molecule has 3 rings (SSSR count). The quantitative estimate of drug-likeness (QED) is 0.457. The first kappa shape index (κ1) is 22.3. The average Bonchev–Trinajstić information content (AvgIpc) is 3.21. The zero-order chi connectivity index (χ0) is 21.8. The summed E-state index contributed by atoms with van der Waals surface area (Å²) in [5, 5.41) is 11.5. The Hall–Kier alpha value is -2.43. The number of rotatable bonds is 6. The van der Waals surface area contributed by atoms with Crippen molar-refractivity contribution in [2.24, 2.45) is 0 Å². The van der Waals surface area contributed by atoms with Gasteiger partial charge in [0.25, 0.3) is 0 Å². The van der Waals surface area contributed by atoms with Crippen molar-refractivity contribution in [1.82, 2.24) is 10.8 Å². The number of benzene rings is 1. The Morgan fingerprint density at radius 2 is 1.90 bits per heavy atom. The highest BCUT2D eigenvalue weighted by atomic mass is 32.2. The Balaban J connectivity index is 1.89. The largest absolute Gasteiger partial charge is 0.412 e. The highest BCUT2D eigenvalue weighted by Crippen LogP contribution is 2.47. The number of nitrogens with one attached hydrogen (secondary N) is 2. The van der Waals surface area contributed by atoms with E-state index in [4.69, 9.17) is 9.94 Å². The topological polar surface area (TPSA) is 122 Å². The van der Waals surface area contributed by atoms with E-state index >= 15 is 0 Å². The Morgan fingerprint density at radius 1 is 1.17 bits per heavy atom. The zero-order valence-corrected chi connectivity index (χ0v) is 18.1. The van der Waals surface area contributed by atoms with E-state index in [0.717, 1.165) is 10.4 Å². The van der Waals surface area contributed by atoms with Crippen LogP contribution in [0.15, 0.2) is 36.4 Å². The van der Waals surface area contributed by atoms with Gasteiger partial charge >= 0.3 is 6.09 Å². The van der Waals surface area contributed by atoms with Crippen molar-refractivity contribution >= 4 is 33.2 Å². The van der Waals surface area contributed by atoms with Gasteiger partial charge < -0.3 is 10.1 Å². The molecule has 3 N–H and O–H groups in total. The van der Waals surface area contributed by atoms with Gasteiger partial charge in [-0.15, -0.1) is 11.3 Å². The predicted octanol–water partition coefficient (Wildman–Crippen LogP) is 3.21. The molecule has 0 saturated carbocycles. The summed E-state index contributed by atoms with van der Waals surface area (Å²) in [6.07, 6.45) is 0.746. The first-order chi connectivity index (χ1) is 14.3. The van der Waals surface area contributed by atoms with Crippen molar-refractivity contribution in [3.05, 3.63) is 41.3 Å².